The van der Waals surface area contributed by atoms with Crippen LogP contribution in [-0.2, 0) is 15.9 Å². The Kier molecular flexibility index (Phi) is 4.50. The number of benzene rings is 1. The molecule has 0 radical (unpaired) electrons. The van der Waals surface area contributed by atoms with Crippen molar-refractivity contribution in [2.24, 2.45) is 0 Å². The van der Waals surface area contributed by atoms with Crippen LogP contribution in [0.1, 0.15) is 44.6 Å². The summed E-state index contributed by atoms with van der Waals surface area (Å²) in [5.41, 5.74) is 1.11. The summed E-state index contributed by atoms with van der Waals surface area (Å²) in [6.45, 7) is 1.90. The van der Waals surface area contributed by atoms with Crippen molar-refractivity contribution >= 4 is 11.6 Å². The highest BCUT2D eigenvalue weighted by atomic mass is 35.5. The average molecular weight is 338 g/mol. The highest BCUT2D eigenvalue weighted by Crippen LogP contribution is 2.33. The van der Waals surface area contributed by atoms with Crippen molar-refractivity contribution in [3.63, 3.8) is 0 Å². The summed E-state index contributed by atoms with van der Waals surface area (Å²) in [5.74, 6) is 0.796. The lowest BCUT2D eigenvalue weighted by atomic mass is 9.85. The molecule has 4 nitrogen and oxygen atoms in total. The second-order valence-electron chi connectivity index (χ2n) is 6.94. The molecule has 3 fully saturated rings. The molecule has 4 rings (SSSR count). The van der Waals surface area contributed by atoms with E-state index in [0.29, 0.717) is 17.1 Å². The number of piperidine rings is 2. The van der Waals surface area contributed by atoms with Crippen LogP contribution in [-0.4, -0.2) is 30.8 Å². The minimum Gasteiger partial charge on any atom is -0.489 e. The zero-order valence-electron chi connectivity index (χ0n) is 13.5. The molecule has 0 saturated carbocycles. The van der Waals surface area contributed by atoms with Crippen LogP contribution in [0.25, 0.3) is 0 Å². The van der Waals surface area contributed by atoms with Crippen LogP contribution >= 0.6 is 11.6 Å². The fraction of sp³-hybridized carbons (Fsp3) is 0.667. The third-order valence-electron chi connectivity index (χ3n) is 5.05. The first kappa shape index (κ1) is 15.7. The molecule has 2 bridgehead atoms. The van der Waals surface area contributed by atoms with Gasteiger partial charge in [0.25, 0.3) is 0 Å². The van der Waals surface area contributed by atoms with Crippen LogP contribution < -0.4 is 10.1 Å². The average Bonchev–Trinajstić information content (AvgIpc) is 2.48. The van der Waals surface area contributed by atoms with Crippen LogP contribution in [0.2, 0.25) is 5.02 Å². The van der Waals surface area contributed by atoms with Gasteiger partial charge in [0.2, 0.25) is 0 Å². The molecular formula is C18H24ClNO3. The van der Waals surface area contributed by atoms with Gasteiger partial charge in [-0.2, -0.15) is 0 Å². The van der Waals surface area contributed by atoms with E-state index in [1.54, 1.807) is 0 Å². The molecule has 0 aromatic heterocycles. The maximum absolute atomic E-state index is 6.42. The second kappa shape index (κ2) is 6.60. The lowest BCUT2D eigenvalue weighted by Gasteiger charge is -2.40. The molecule has 3 heterocycles. The SMILES string of the molecule is CC1OC(Cc2ccc(O[C@H]3C[C@H]4CCC[C@@H](C3)N4)c(Cl)c2)O1. The zero-order chi connectivity index (χ0) is 15.8. The lowest BCUT2D eigenvalue weighted by Crippen LogP contribution is -2.51. The number of hydrogen-bond acceptors (Lipinski definition) is 4. The van der Waals surface area contributed by atoms with E-state index in [-0.39, 0.29) is 18.7 Å². The van der Waals surface area contributed by atoms with Crippen molar-refractivity contribution in [2.45, 2.75) is 76.2 Å². The summed E-state index contributed by atoms with van der Waals surface area (Å²) in [4.78, 5) is 0. The van der Waals surface area contributed by atoms with Crippen molar-refractivity contribution in [2.75, 3.05) is 0 Å². The van der Waals surface area contributed by atoms with Crippen molar-refractivity contribution in [3.8, 4) is 5.75 Å². The van der Waals surface area contributed by atoms with Crippen LogP contribution in [0.4, 0.5) is 0 Å². The van der Waals surface area contributed by atoms with E-state index >= 15 is 0 Å². The first-order valence-corrected chi connectivity index (χ1v) is 9.05. The van der Waals surface area contributed by atoms with E-state index < -0.39 is 0 Å². The molecule has 1 aromatic carbocycles. The molecule has 1 aromatic rings. The standard InChI is InChI=1S/C18H24ClNO3/c1-11-21-18(22-11)8-12-5-6-17(16(19)7-12)23-15-9-13-3-2-4-14(10-15)20-13/h5-7,11,13-15,18,20H,2-4,8-10H2,1H3/t11?,13-,14+,15+,18?. The second-order valence-corrected chi connectivity index (χ2v) is 7.35. The molecule has 0 spiro atoms. The Bertz CT molecular complexity index is 549. The molecule has 5 heteroatoms. The largest absolute Gasteiger partial charge is 0.489 e. The van der Waals surface area contributed by atoms with Gasteiger partial charge in [0.15, 0.2) is 12.6 Å². The summed E-state index contributed by atoms with van der Waals surface area (Å²) in [6, 6.07) is 7.23. The monoisotopic (exact) mass is 337 g/mol. The van der Waals surface area contributed by atoms with Gasteiger partial charge in [-0.3, -0.25) is 0 Å². The van der Waals surface area contributed by atoms with Crippen molar-refractivity contribution in [1.29, 1.82) is 0 Å². The number of rotatable bonds is 4. The minimum absolute atomic E-state index is 0.0857. The summed E-state index contributed by atoms with van der Waals surface area (Å²) in [6.07, 6.45) is 6.80. The van der Waals surface area contributed by atoms with Gasteiger partial charge in [0.05, 0.1) is 5.02 Å². The fourth-order valence-electron chi connectivity index (χ4n) is 3.98. The van der Waals surface area contributed by atoms with Gasteiger partial charge in [-0.05, 0) is 50.3 Å². The van der Waals surface area contributed by atoms with E-state index in [2.05, 4.69) is 11.4 Å². The molecule has 126 valence electrons. The fourth-order valence-corrected chi connectivity index (χ4v) is 4.23. The maximum Gasteiger partial charge on any atom is 0.167 e. The molecule has 0 amide bonds. The molecule has 3 saturated heterocycles. The summed E-state index contributed by atoms with van der Waals surface area (Å²) < 4.78 is 17.2. The Hall–Kier alpha value is -0.810. The Labute approximate surface area is 142 Å². The van der Waals surface area contributed by atoms with Crippen molar-refractivity contribution in [3.05, 3.63) is 28.8 Å². The van der Waals surface area contributed by atoms with E-state index in [1.807, 2.05) is 19.1 Å². The first-order valence-electron chi connectivity index (χ1n) is 8.68. The lowest BCUT2D eigenvalue weighted by molar-refractivity contribution is -0.374. The summed E-state index contributed by atoms with van der Waals surface area (Å²) >= 11 is 6.42. The van der Waals surface area contributed by atoms with Crippen LogP contribution in [0, 0.1) is 0 Å². The number of fused-ring (bicyclic) bond motifs is 2. The number of hydrogen-bond donors (Lipinski definition) is 1. The molecule has 0 unspecified atom stereocenters. The van der Waals surface area contributed by atoms with E-state index in [1.165, 1.54) is 19.3 Å². The third-order valence-corrected chi connectivity index (χ3v) is 5.35. The normalized spacial score (nSPS) is 36.3. The van der Waals surface area contributed by atoms with Crippen molar-refractivity contribution < 1.29 is 14.2 Å². The molecule has 23 heavy (non-hydrogen) atoms. The van der Waals surface area contributed by atoms with Gasteiger partial charge in [-0.15, -0.1) is 0 Å². The quantitative estimate of drug-likeness (QED) is 0.910. The van der Waals surface area contributed by atoms with E-state index in [9.17, 15) is 0 Å². The number of nitrogens with one attached hydrogen (secondary N) is 1. The molecule has 3 aliphatic rings. The highest BCUT2D eigenvalue weighted by Gasteiger charge is 2.32. The Morgan fingerprint density at radius 1 is 1.22 bits per heavy atom. The first-order chi connectivity index (χ1) is 11.2. The van der Waals surface area contributed by atoms with Crippen LogP contribution in [0.5, 0.6) is 5.75 Å². The maximum atomic E-state index is 6.42. The van der Waals surface area contributed by atoms with Crippen LogP contribution in [0.3, 0.4) is 0 Å². The third kappa shape index (κ3) is 3.66. The topological polar surface area (TPSA) is 39.7 Å². The molecule has 0 aliphatic carbocycles. The summed E-state index contributed by atoms with van der Waals surface area (Å²) in [7, 11) is 0. The molecule has 1 N–H and O–H groups in total. The van der Waals surface area contributed by atoms with Gasteiger partial charge in [-0.25, -0.2) is 0 Å². The Morgan fingerprint density at radius 2 is 1.96 bits per heavy atom. The molecular weight excluding hydrogens is 314 g/mol. The smallest absolute Gasteiger partial charge is 0.167 e. The van der Waals surface area contributed by atoms with Gasteiger partial charge < -0.3 is 19.5 Å². The highest BCUT2D eigenvalue weighted by molar-refractivity contribution is 6.32. The van der Waals surface area contributed by atoms with Gasteiger partial charge >= 0.3 is 0 Å². The molecule has 3 aliphatic heterocycles. The predicted molar refractivity (Wildman–Crippen MR) is 88.8 cm³/mol. The van der Waals surface area contributed by atoms with Gasteiger partial charge in [0.1, 0.15) is 11.9 Å². The number of ether oxygens (including phenoxy) is 3. The van der Waals surface area contributed by atoms with Crippen molar-refractivity contribution in [1.82, 2.24) is 5.32 Å². The molecule has 3 atom stereocenters. The van der Waals surface area contributed by atoms with Gasteiger partial charge in [-0.1, -0.05) is 24.1 Å². The van der Waals surface area contributed by atoms with E-state index in [4.69, 9.17) is 25.8 Å². The van der Waals surface area contributed by atoms with E-state index in [0.717, 1.165) is 30.6 Å². The predicted octanol–water partition coefficient (Wildman–Crippen LogP) is 3.65. The number of halogens is 1. The minimum atomic E-state index is -0.142. The summed E-state index contributed by atoms with van der Waals surface area (Å²) in [5, 5.41) is 4.37. The van der Waals surface area contributed by atoms with Gasteiger partial charge in [0, 0.05) is 18.5 Å². The zero-order valence-corrected chi connectivity index (χ0v) is 14.2. The Morgan fingerprint density at radius 3 is 2.61 bits per heavy atom. The Balaban J connectivity index is 1.37. The van der Waals surface area contributed by atoms with Crippen LogP contribution in [0.15, 0.2) is 18.2 Å².